The fourth-order valence-electron chi connectivity index (χ4n) is 7.78. The van der Waals surface area contributed by atoms with Crippen LogP contribution in [0.3, 0.4) is 0 Å². The average molecular weight is 629 g/mol. The number of rotatable bonds is 5. The Morgan fingerprint density at radius 1 is 0.510 bits per heavy atom. The summed E-state index contributed by atoms with van der Waals surface area (Å²) in [6.45, 7) is 0. The highest BCUT2D eigenvalue weighted by atomic mass is 16.3. The molecule has 0 radical (unpaired) electrons. The van der Waals surface area contributed by atoms with Gasteiger partial charge in [0.15, 0.2) is 0 Å². The second-order valence-corrected chi connectivity index (χ2v) is 12.9. The normalized spacial score (nSPS) is 12.7. The molecule has 0 atom stereocenters. The largest absolute Gasteiger partial charge is 0.456 e. The molecule has 0 aliphatic heterocycles. The number of fused-ring (bicyclic) bond motifs is 8. The van der Waals surface area contributed by atoms with Crippen molar-refractivity contribution in [3.8, 4) is 16.8 Å². The second kappa shape index (κ2) is 11.1. The third-order valence-corrected chi connectivity index (χ3v) is 10.0. The Labute approximate surface area is 284 Å². The standard InChI is InChI=1S/C46H32N2O/c1-3-12-31(13-4-1)32-14-11-17-35(28-32)47(37-24-27-41-40-19-8-10-21-44(40)49-45(41)30-37)36-23-26-38-33(29-36)22-25-42-39-18-7-9-20-43(39)48(46(38)42)34-15-5-2-6-16-34/h1-6,8-17,19-30H,7,18H2. The number of para-hydroxylation sites is 2. The van der Waals surface area contributed by atoms with Crippen molar-refractivity contribution in [3.63, 3.8) is 0 Å². The van der Waals surface area contributed by atoms with Gasteiger partial charge in [-0.2, -0.15) is 0 Å². The molecule has 0 unspecified atom stereocenters. The first-order chi connectivity index (χ1) is 24.3. The zero-order valence-corrected chi connectivity index (χ0v) is 26.9. The Morgan fingerprint density at radius 3 is 2.08 bits per heavy atom. The second-order valence-electron chi connectivity index (χ2n) is 12.9. The van der Waals surface area contributed by atoms with Crippen molar-refractivity contribution in [2.75, 3.05) is 4.90 Å². The number of hydrogen-bond acceptors (Lipinski definition) is 2. The fraction of sp³-hybridized carbons (Fsp3) is 0.0435. The van der Waals surface area contributed by atoms with Crippen LogP contribution in [-0.4, -0.2) is 4.57 Å². The van der Waals surface area contributed by atoms with Crippen LogP contribution in [-0.2, 0) is 6.42 Å². The number of furan rings is 1. The Morgan fingerprint density at radius 2 is 1.20 bits per heavy atom. The molecule has 0 amide bonds. The van der Waals surface area contributed by atoms with E-state index in [9.17, 15) is 0 Å². The lowest BCUT2D eigenvalue weighted by Gasteiger charge is -2.26. The van der Waals surface area contributed by atoms with Crippen molar-refractivity contribution in [1.82, 2.24) is 4.57 Å². The molecule has 0 spiro atoms. The highest BCUT2D eigenvalue weighted by molar-refractivity contribution is 6.11. The summed E-state index contributed by atoms with van der Waals surface area (Å²) in [5.74, 6) is 0. The molecule has 2 aromatic heterocycles. The van der Waals surface area contributed by atoms with Gasteiger partial charge in [0, 0.05) is 56.1 Å². The molecule has 0 bridgehead atoms. The predicted octanol–water partition coefficient (Wildman–Crippen LogP) is 12.8. The van der Waals surface area contributed by atoms with Crippen LogP contribution in [0, 0.1) is 0 Å². The first-order valence-corrected chi connectivity index (χ1v) is 17.0. The topological polar surface area (TPSA) is 21.3 Å². The van der Waals surface area contributed by atoms with E-state index in [1.807, 2.05) is 12.1 Å². The highest BCUT2D eigenvalue weighted by Gasteiger charge is 2.22. The molecule has 10 rings (SSSR count). The van der Waals surface area contributed by atoms with Gasteiger partial charge in [0.1, 0.15) is 11.2 Å². The van der Waals surface area contributed by atoms with Crippen molar-refractivity contribution < 1.29 is 4.42 Å². The fourth-order valence-corrected chi connectivity index (χ4v) is 7.78. The van der Waals surface area contributed by atoms with Crippen molar-refractivity contribution in [2.24, 2.45) is 0 Å². The van der Waals surface area contributed by atoms with E-state index in [1.54, 1.807) is 0 Å². The van der Waals surface area contributed by atoms with E-state index < -0.39 is 0 Å². The predicted molar refractivity (Wildman–Crippen MR) is 206 cm³/mol. The van der Waals surface area contributed by atoms with Gasteiger partial charge >= 0.3 is 0 Å². The first-order valence-electron chi connectivity index (χ1n) is 17.0. The van der Waals surface area contributed by atoms with Gasteiger partial charge in [0.2, 0.25) is 0 Å². The Hall–Kier alpha value is -6.32. The van der Waals surface area contributed by atoms with E-state index in [2.05, 4.69) is 167 Å². The Balaban J connectivity index is 1.19. The monoisotopic (exact) mass is 628 g/mol. The molecule has 3 nitrogen and oxygen atoms in total. The summed E-state index contributed by atoms with van der Waals surface area (Å²) in [5, 5.41) is 6.05. The maximum atomic E-state index is 6.39. The molecule has 232 valence electrons. The summed E-state index contributed by atoms with van der Waals surface area (Å²) in [7, 11) is 0. The lowest BCUT2D eigenvalue weighted by atomic mass is 9.98. The van der Waals surface area contributed by atoms with Crippen LogP contribution in [0.15, 0.2) is 168 Å². The number of benzene rings is 7. The van der Waals surface area contributed by atoms with E-state index in [-0.39, 0.29) is 0 Å². The molecule has 0 saturated heterocycles. The zero-order chi connectivity index (χ0) is 32.3. The van der Waals surface area contributed by atoms with Gasteiger partial charge in [-0.25, -0.2) is 0 Å². The molecule has 0 fully saturated rings. The molecule has 9 aromatic rings. The Kier molecular flexibility index (Phi) is 6.31. The van der Waals surface area contributed by atoms with Crippen molar-refractivity contribution in [3.05, 3.63) is 175 Å². The molecule has 2 heterocycles. The van der Waals surface area contributed by atoms with Crippen LogP contribution < -0.4 is 4.90 Å². The van der Waals surface area contributed by atoms with Crippen LogP contribution in [0.2, 0.25) is 0 Å². The van der Waals surface area contributed by atoms with Crippen LogP contribution in [0.5, 0.6) is 0 Å². The van der Waals surface area contributed by atoms with E-state index >= 15 is 0 Å². The van der Waals surface area contributed by atoms with Crippen LogP contribution in [0.25, 0.3) is 66.5 Å². The third kappa shape index (κ3) is 4.51. The summed E-state index contributed by atoms with van der Waals surface area (Å²) in [5.41, 5.74) is 12.6. The number of aromatic nitrogens is 1. The minimum absolute atomic E-state index is 0.879. The summed E-state index contributed by atoms with van der Waals surface area (Å²) < 4.78 is 8.84. The molecule has 49 heavy (non-hydrogen) atoms. The average Bonchev–Trinajstić information content (AvgIpc) is 3.71. The van der Waals surface area contributed by atoms with Crippen molar-refractivity contribution >= 4 is 66.8 Å². The smallest absolute Gasteiger partial charge is 0.137 e. The number of anilines is 3. The number of nitrogens with zero attached hydrogens (tertiary/aromatic N) is 2. The van der Waals surface area contributed by atoms with Gasteiger partial charge in [-0.3, -0.25) is 0 Å². The van der Waals surface area contributed by atoms with Gasteiger partial charge < -0.3 is 13.9 Å². The minimum Gasteiger partial charge on any atom is -0.456 e. The summed E-state index contributed by atoms with van der Waals surface area (Å²) in [4.78, 5) is 2.35. The maximum Gasteiger partial charge on any atom is 0.137 e. The highest BCUT2D eigenvalue weighted by Crippen LogP contribution is 2.43. The number of aryl methyl sites for hydroxylation is 1. The summed E-state index contributed by atoms with van der Waals surface area (Å²) in [6, 6.07) is 56.6. The molecule has 0 saturated carbocycles. The number of allylic oxidation sites excluding steroid dienone is 1. The van der Waals surface area contributed by atoms with E-state index in [0.29, 0.717) is 0 Å². The zero-order valence-electron chi connectivity index (χ0n) is 26.9. The summed E-state index contributed by atoms with van der Waals surface area (Å²) >= 11 is 0. The first kappa shape index (κ1) is 27.8. The molecule has 3 heteroatoms. The van der Waals surface area contributed by atoms with Crippen molar-refractivity contribution in [1.29, 1.82) is 0 Å². The molecule has 0 N–H and O–H groups in total. The van der Waals surface area contributed by atoms with Gasteiger partial charge in [-0.05, 0) is 95.6 Å². The van der Waals surface area contributed by atoms with E-state index in [1.165, 1.54) is 49.7 Å². The van der Waals surface area contributed by atoms with E-state index in [4.69, 9.17) is 4.42 Å². The molecular formula is C46H32N2O. The summed E-state index contributed by atoms with van der Waals surface area (Å²) in [6.07, 6.45) is 6.74. The quantitative estimate of drug-likeness (QED) is 0.189. The van der Waals surface area contributed by atoms with Crippen LogP contribution in [0.4, 0.5) is 17.1 Å². The number of hydrogen-bond donors (Lipinski definition) is 0. The van der Waals surface area contributed by atoms with Gasteiger partial charge in [0.05, 0.1) is 5.52 Å². The van der Waals surface area contributed by atoms with Crippen molar-refractivity contribution in [2.45, 2.75) is 12.8 Å². The third-order valence-electron chi connectivity index (χ3n) is 10.0. The SMILES string of the molecule is C1=Cc2c(c3ccc4cc(N(c5cccc(-c6ccccc6)c5)c5ccc6c(c5)oc5ccccc56)ccc4c3n2-c2ccccc2)CC1. The molecular weight excluding hydrogens is 597 g/mol. The molecule has 7 aromatic carbocycles. The van der Waals surface area contributed by atoms with Gasteiger partial charge in [0.25, 0.3) is 0 Å². The van der Waals surface area contributed by atoms with Gasteiger partial charge in [-0.15, -0.1) is 0 Å². The Bertz CT molecular complexity index is 2710. The lowest BCUT2D eigenvalue weighted by molar-refractivity contribution is 0.669. The van der Waals surface area contributed by atoms with E-state index in [0.717, 1.165) is 51.8 Å². The van der Waals surface area contributed by atoms with Gasteiger partial charge in [-0.1, -0.05) is 103 Å². The minimum atomic E-state index is 0.879. The maximum absolute atomic E-state index is 6.39. The molecule has 1 aliphatic rings. The molecule has 1 aliphatic carbocycles. The lowest BCUT2D eigenvalue weighted by Crippen LogP contribution is -2.10. The van der Waals surface area contributed by atoms with Crippen LogP contribution in [0.1, 0.15) is 17.7 Å². The van der Waals surface area contributed by atoms with Crippen LogP contribution >= 0.6 is 0 Å².